The van der Waals surface area contributed by atoms with E-state index in [1.807, 2.05) is 24.0 Å². The third-order valence-electron chi connectivity index (χ3n) is 2.19. The summed E-state index contributed by atoms with van der Waals surface area (Å²) in [5, 5.41) is 10.5. The highest BCUT2D eigenvalue weighted by atomic mass is 16.6. The summed E-state index contributed by atoms with van der Waals surface area (Å²) >= 11 is 0. The number of nitrogens with zero attached hydrogens (tertiary/aromatic N) is 3. The van der Waals surface area contributed by atoms with Crippen LogP contribution in [0.3, 0.4) is 0 Å². The van der Waals surface area contributed by atoms with Gasteiger partial charge < -0.3 is 4.90 Å². The summed E-state index contributed by atoms with van der Waals surface area (Å²) < 4.78 is 1.14. The molecule has 8 nitrogen and oxygen atoms in total. The lowest BCUT2D eigenvalue weighted by Crippen LogP contribution is -2.31. The molecule has 0 atom stereocenters. The van der Waals surface area contributed by atoms with E-state index in [4.69, 9.17) is 0 Å². The Morgan fingerprint density at radius 1 is 1.47 bits per heavy atom. The van der Waals surface area contributed by atoms with Gasteiger partial charge in [-0.2, -0.15) is 0 Å². The van der Waals surface area contributed by atoms with Gasteiger partial charge in [0.1, 0.15) is 0 Å². The molecule has 0 fully saturated rings. The molecule has 1 aromatic rings. The number of nitrogens with one attached hydrogen (secondary N) is 1. The van der Waals surface area contributed by atoms with Crippen LogP contribution in [0.4, 0.5) is 5.69 Å². The van der Waals surface area contributed by atoms with Crippen molar-refractivity contribution in [1.29, 1.82) is 0 Å². The predicted molar refractivity (Wildman–Crippen MR) is 61.1 cm³/mol. The summed E-state index contributed by atoms with van der Waals surface area (Å²) in [6, 6.07) is 0. The van der Waals surface area contributed by atoms with Gasteiger partial charge >= 0.3 is 16.9 Å². The molecule has 1 aromatic heterocycles. The zero-order valence-electron chi connectivity index (χ0n) is 9.67. The van der Waals surface area contributed by atoms with E-state index in [1.54, 1.807) is 0 Å². The topological polar surface area (TPSA) is 101 Å². The highest BCUT2D eigenvalue weighted by molar-refractivity contribution is 5.20. The number of hydrogen-bond acceptors (Lipinski definition) is 5. The highest BCUT2D eigenvalue weighted by Gasteiger charge is 2.14. The first-order valence-electron chi connectivity index (χ1n) is 5.04. The van der Waals surface area contributed by atoms with Crippen molar-refractivity contribution >= 4 is 5.69 Å². The van der Waals surface area contributed by atoms with Crippen LogP contribution in [-0.2, 0) is 6.54 Å². The number of hydrogen-bond donors (Lipinski definition) is 1. The molecule has 0 aliphatic carbocycles. The number of nitro groups is 1. The fourth-order valence-corrected chi connectivity index (χ4v) is 1.35. The van der Waals surface area contributed by atoms with Crippen LogP contribution in [0.25, 0.3) is 0 Å². The van der Waals surface area contributed by atoms with Crippen LogP contribution in [0.2, 0.25) is 0 Å². The average Bonchev–Trinajstić information content (AvgIpc) is 2.20. The van der Waals surface area contributed by atoms with Gasteiger partial charge in [0.15, 0.2) is 0 Å². The van der Waals surface area contributed by atoms with E-state index >= 15 is 0 Å². The van der Waals surface area contributed by atoms with Crippen LogP contribution in [0, 0.1) is 10.1 Å². The number of aryl methyl sites for hydroxylation is 1. The Kier molecular flexibility index (Phi) is 4.16. The molecule has 1 heterocycles. The number of aromatic nitrogens is 2. The molecule has 0 unspecified atom stereocenters. The molecule has 94 valence electrons. The molecule has 0 radical (unpaired) electrons. The normalized spacial score (nSPS) is 10.8. The Morgan fingerprint density at radius 3 is 2.65 bits per heavy atom. The molecule has 0 aliphatic heterocycles. The van der Waals surface area contributed by atoms with Gasteiger partial charge in [0.2, 0.25) is 0 Å². The minimum Gasteiger partial charge on any atom is -0.309 e. The van der Waals surface area contributed by atoms with Gasteiger partial charge in [-0.25, -0.2) is 4.79 Å². The maximum Gasteiger partial charge on any atom is 0.350 e. The van der Waals surface area contributed by atoms with Crippen LogP contribution < -0.4 is 11.2 Å². The lowest BCUT2D eigenvalue weighted by atomic mass is 10.4. The van der Waals surface area contributed by atoms with Crippen molar-refractivity contribution in [3.05, 3.63) is 37.1 Å². The van der Waals surface area contributed by atoms with E-state index < -0.39 is 21.9 Å². The molecule has 0 bridgehead atoms. The second-order valence-electron chi connectivity index (χ2n) is 3.88. The molecule has 0 amide bonds. The molecule has 0 saturated carbocycles. The maximum absolute atomic E-state index is 11.4. The fraction of sp³-hybridized carbons (Fsp3) is 0.556. The van der Waals surface area contributed by atoms with Crippen LogP contribution >= 0.6 is 0 Å². The number of H-pyrrole nitrogens is 1. The van der Waals surface area contributed by atoms with E-state index in [9.17, 15) is 19.7 Å². The van der Waals surface area contributed by atoms with E-state index in [0.29, 0.717) is 13.0 Å². The van der Waals surface area contributed by atoms with Crippen molar-refractivity contribution in [2.45, 2.75) is 13.0 Å². The van der Waals surface area contributed by atoms with E-state index in [1.165, 1.54) is 0 Å². The van der Waals surface area contributed by atoms with E-state index in [-0.39, 0.29) is 0 Å². The summed E-state index contributed by atoms with van der Waals surface area (Å²) in [5.74, 6) is 0. The summed E-state index contributed by atoms with van der Waals surface area (Å²) in [6.07, 6.45) is 1.65. The second-order valence-corrected chi connectivity index (χ2v) is 3.88. The molecular weight excluding hydrogens is 228 g/mol. The standard InChI is InChI=1S/C9H14N4O4/c1-11(2)4-3-5-12-6-7(13(16)17)8(14)10-9(12)15/h6H,3-5H2,1-2H3,(H,10,14,15). The van der Waals surface area contributed by atoms with Gasteiger partial charge in [0.25, 0.3) is 0 Å². The Morgan fingerprint density at radius 2 is 2.12 bits per heavy atom. The number of rotatable bonds is 5. The van der Waals surface area contributed by atoms with E-state index in [0.717, 1.165) is 17.3 Å². The molecule has 0 aliphatic rings. The van der Waals surface area contributed by atoms with Gasteiger partial charge in [0, 0.05) is 6.54 Å². The molecule has 1 rings (SSSR count). The van der Waals surface area contributed by atoms with Gasteiger partial charge in [-0.1, -0.05) is 0 Å². The van der Waals surface area contributed by atoms with Crippen molar-refractivity contribution in [3.8, 4) is 0 Å². The molecule has 0 saturated heterocycles. The SMILES string of the molecule is CN(C)CCCn1cc([N+](=O)[O-])c(=O)[nH]c1=O. The molecule has 17 heavy (non-hydrogen) atoms. The first-order valence-corrected chi connectivity index (χ1v) is 5.04. The zero-order valence-corrected chi connectivity index (χ0v) is 9.67. The minimum atomic E-state index is -0.969. The largest absolute Gasteiger partial charge is 0.350 e. The van der Waals surface area contributed by atoms with Crippen molar-refractivity contribution in [3.63, 3.8) is 0 Å². The predicted octanol–water partition coefficient (Wildman–Crippen LogP) is -0.603. The summed E-state index contributed by atoms with van der Waals surface area (Å²) in [6.45, 7) is 1.08. The molecule has 0 aromatic carbocycles. The van der Waals surface area contributed by atoms with Crippen LogP contribution in [0.15, 0.2) is 15.8 Å². The Bertz CT molecular complexity index is 516. The maximum atomic E-state index is 11.4. The van der Waals surface area contributed by atoms with Gasteiger partial charge in [-0.3, -0.25) is 24.5 Å². The summed E-state index contributed by atoms with van der Waals surface area (Å²) in [5.41, 5.74) is -2.21. The van der Waals surface area contributed by atoms with Crippen LogP contribution in [-0.4, -0.2) is 40.0 Å². The average molecular weight is 242 g/mol. The molecular formula is C9H14N4O4. The molecule has 8 heteroatoms. The number of aromatic amines is 1. The second kappa shape index (κ2) is 5.39. The van der Waals surface area contributed by atoms with Crippen molar-refractivity contribution in [1.82, 2.24) is 14.5 Å². The third kappa shape index (κ3) is 3.52. The molecule has 1 N–H and O–H groups in total. The minimum absolute atomic E-state index is 0.328. The first kappa shape index (κ1) is 13.1. The summed E-state index contributed by atoms with van der Waals surface area (Å²) in [7, 11) is 3.77. The zero-order chi connectivity index (χ0) is 13.0. The fourth-order valence-electron chi connectivity index (χ4n) is 1.35. The van der Waals surface area contributed by atoms with Gasteiger partial charge in [-0.05, 0) is 27.1 Å². The third-order valence-corrected chi connectivity index (χ3v) is 2.19. The Hall–Kier alpha value is -1.96. The van der Waals surface area contributed by atoms with Crippen molar-refractivity contribution < 1.29 is 4.92 Å². The Labute approximate surface area is 96.6 Å². The van der Waals surface area contributed by atoms with E-state index in [2.05, 4.69) is 0 Å². The highest BCUT2D eigenvalue weighted by Crippen LogP contribution is 1.99. The Balaban J connectivity index is 2.93. The van der Waals surface area contributed by atoms with Crippen molar-refractivity contribution in [2.75, 3.05) is 20.6 Å². The van der Waals surface area contributed by atoms with Crippen LogP contribution in [0.1, 0.15) is 6.42 Å². The smallest absolute Gasteiger partial charge is 0.309 e. The first-order chi connectivity index (χ1) is 7.91. The summed E-state index contributed by atoms with van der Waals surface area (Å²) in [4.78, 5) is 36.0. The van der Waals surface area contributed by atoms with Crippen molar-refractivity contribution in [2.24, 2.45) is 0 Å². The quantitative estimate of drug-likeness (QED) is 0.548. The lowest BCUT2D eigenvalue weighted by Gasteiger charge is -2.09. The molecule has 0 spiro atoms. The monoisotopic (exact) mass is 242 g/mol. The van der Waals surface area contributed by atoms with Crippen LogP contribution in [0.5, 0.6) is 0 Å². The van der Waals surface area contributed by atoms with Gasteiger partial charge in [0.05, 0.1) is 11.1 Å². The van der Waals surface area contributed by atoms with Gasteiger partial charge in [-0.15, -0.1) is 0 Å². The lowest BCUT2D eigenvalue weighted by molar-refractivity contribution is -0.386.